The summed E-state index contributed by atoms with van der Waals surface area (Å²) in [7, 11) is 0. The maximum atomic E-state index is 9.55. The van der Waals surface area contributed by atoms with Gasteiger partial charge in [-0.25, -0.2) is 4.98 Å². The van der Waals surface area contributed by atoms with Crippen LogP contribution in [0.1, 0.15) is 31.3 Å². The van der Waals surface area contributed by atoms with Crippen LogP contribution in [-0.2, 0) is 13.0 Å². The van der Waals surface area contributed by atoms with Gasteiger partial charge in [0.05, 0.1) is 5.69 Å². The zero-order valence-corrected chi connectivity index (χ0v) is 12.4. The molecular weight excluding hydrogens is 256 g/mol. The van der Waals surface area contributed by atoms with Gasteiger partial charge in [-0.15, -0.1) is 11.3 Å². The van der Waals surface area contributed by atoms with Crippen molar-refractivity contribution < 1.29 is 5.11 Å². The Morgan fingerprint density at radius 3 is 2.79 bits per heavy atom. The highest BCUT2D eigenvalue weighted by molar-refractivity contribution is 7.15. The van der Waals surface area contributed by atoms with Gasteiger partial charge in [-0.3, -0.25) is 0 Å². The summed E-state index contributed by atoms with van der Waals surface area (Å²) >= 11 is 1.70. The van der Waals surface area contributed by atoms with Crippen molar-refractivity contribution in [2.75, 3.05) is 0 Å². The molecule has 0 aliphatic rings. The monoisotopic (exact) mass is 276 g/mol. The van der Waals surface area contributed by atoms with E-state index in [1.807, 2.05) is 12.1 Å². The minimum absolute atomic E-state index is 0.285. The van der Waals surface area contributed by atoms with E-state index in [1.54, 1.807) is 23.5 Å². The van der Waals surface area contributed by atoms with Gasteiger partial charge in [-0.2, -0.15) is 0 Å². The molecule has 0 unspecified atom stereocenters. The molecule has 0 saturated carbocycles. The summed E-state index contributed by atoms with van der Waals surface area (Å²) in [6, 6.07) is 7.74. The van der Waals surface area contributed by atoms with Crippen LogP contribution in [0.25, 0.3) is 10.6 Å². The summed E-state index contributed by atoms with van der Waals surface area (Å²) < 4.78 is 0. The average molecular weight is 276 g/mol. The lowest BCUT2D eigenvalue weighted by atomic mass is 10.2. The average Bonchev–Trinajstić information content (AvgIpc) is 2.79. The minimum atomic E-state index is 0.285. The van der Waals surface area contributed by atoms with Crippen molar-refractivity contribution in [3.63, 3.8) is 0 Å². The maximum Gasteiger partial charge on any atom is 0.124 e. The first-order valence-electron chi connectivity index (χ1n) is 6.61. The molecule has 0 radical (unpaired) electrons. The molecule has 1 aromatic carbocycles. The molecule has 0 aliphatic carbocycles. The van der Waals surface area contributed by atoms with Crippen LogP contribution in [-0.4, -0.2) is 16.1 Å². The van der Waals surface area contributed by atoms with Gasteiger partial charge in [0.2, 0.25) is 0 Å². The molecule has 1 aromatic heterocycles. The molecule has 0 spiro atoms. The lowest BCUT2D eigenvalue weighted by molar-refractivity contribution is 0.475. The molecule has 2 N–H and O–H groups in total. The van der Waals surface area contributed by atoms with Gasteiger partial charge in [0, 0.05) is 23.0 Å². The number of benzene rings is 1. The van der Waals surface area contributed by atoms with Crippen LogP contribution in [0.5, 0.6) is 5.75 Å². The van der Waals surface area contributed by atoms with Crippen molar-refractivity contribution in [3.05, 3.63) is 34.8 Å². The van der Waals surface area contributed by atoms with Crippen molar-refractivity contribution in [3.8, 4) is 16.3 Å². The first-order valence-corrected chi connectivity index (χ1v) is 7.43. The van der Waals surface area contributed by atoms with E-state index >= 15 is 0 Å². The Morgan fingerprint density at radius 2 is 2.16 bits per heavy atom. The molecule has 2 aromatic rings. The fourth-order valence-electron chi connectivity index (χ4n) is 1.86. The van der Waals surface area contributed by atoms with E-state index in [0.29, 0.717) is 6.04 Å². The zero-order valence-electron chi connectivity index (χ0n) is 11.6. The Hall–Kier alpha value is -1.39. The number of hydrogen-bond acceptors (Lipinski definition) is 4. The van der Waals surface area contributed by atoms with Gasteiger partial charge in [0.15, 0.2) is 0 Å². The number of nitrogens with one attached hydrogen (secondary N) is 1. The molecule has 0 atom stereocenters. The third kappa shape index (κ3) is 3.55. The van der Waals surface area contributed by atoms with Gasteiger partial charge in [0.25, 0.3) is 0 Å². The van der Waals surface area contributed by atoms with Gasteiger partial charge in [0.1, 0.15) is 10.8 Å². The van der Waals surface area contributed by atoms with Crippen LogP contribution in [0.15, 0.2) is 24.3 Å². The first-order chi connectivity index (χ1) is 9.10. The van der Waals surface area contributed by atoms with E-state index in [0.717, 1.165) is 29.2 Å². The highest BCUT2D eigenvalue weighted by atomic mass is 32.1. The maximum absolute atomic E-state index is 9.55. The number of rotatable bonds is 5. The molecule has 2 rings (SSSR count). The van der Waals surface area contributed by atoms with Gasteiger partial charge < -0.3 is 10.4 Å². The number of aromatic nitrogens is 1. The van der Waals surface area contributed by atoms with E-state index in [9.17, 15) is 5.11 Å². The fraction of sp³-hybridized carbons (Fsp3) is 0.400. The van der Waals surface area contributed by atoms with Crippen LogP contribution >= 0.6 is 11.3 Å². The molecule has 0 saturated heterocycles. The Labute approximate surface area is 118 Å². The molecule has 1 heterocycles. The summed E-state index contributed by atoms with van der Waals surface area (Å²) in [4.78, 5) is 5.97. The van der Waals surface area contributed by atoms with E-state index in [4.69, 9.17) is 0 Å². The van der Waals surface area contributed by atoms with Gasteiger partial charge >= 0.3 is 0 Å². The van der Waals surface area contributed by atoms with E-state index in [2.05, 4.69) is 31.1 Å². The standard InChI is InChI=1S/C15H20N2OS/c1-4-13-14(9-16-10(2)3)19-15(17-13)11-6-5-7-12(18)8-11/h5-8,10,16,18H,4,9H2,1-3H3. The predicted molar refractivity (Wildman–Crippen MR) is 80.6 cm³/mol. The highest BCUT2D eigenvalue weighted by Gasteiger charge is 2.11. The predicted octanol–water partition coefficient (Wildman–Crippen LogP) is 3.58. The Kier molecular flexibility index (Phi) is 4.56. The number of phenolic OH excluding ortho intramolecular Hbond substituents is 1. The van der Waals surface area contributed by atoms with E-state index < -0.39 is 0 Å². The lowest BCUT2D eigenvalue weighted by Gasteiger charge is -2.06. The molecule has 0 aliphatic heterocycles. The summed E-state index contributed by atoms with van der Waals surface area (Å²) in [6.07, 6.45) is 0.935. The molecule has 3 nitrogen and oxygen atoms in total. The Balaban J connectivity index is 2.27. The Morgan fingerprint density at radius 1 is 1.37 bits per heavy atom. The molecule has 0 bridgehead atoms. The summed E-state index contributed by atoms with van der Waals surface area (Å²) in [5.41, 5.74) is 2.13. The molecule has 19 heavy (non-hydrogen) atoms. The second-order valence-electron chi connectivity index (χ2n) is 4.83. The Bertz CT molecular complexity index is 549. The van der Waals surface area contributed by atoms with Crippen LogP contribution < -0.4 is 5.32 Å². The molecule has 4 heteroatoms. The van der Waals surface area contributed by atoms with E-state index in [-0.39, 0.29) is 5.75 Å². The van der Waals surface area contributed by atoms with Crippen molar-refractivity contribution in [1.29, 1.82) is 0 Å². The fourth-order valence-corrected chi connectivity index (χ4v) is 2.95. The van der Waals surface area contributed by atoms with Crippen LogP contribution in [0, 0.1) is 0 Å². The van der Waals surface area contributed by atoms with Gasteiger partial charge in [-0.05, 0) is 18.6 Å². The number of aryl methyl sites for hydroxylation is 1. The number of hydrogen-bond donors (Lipinski definition) is 2. The largest absolute Gasteiger partial charge is 0.508 e. The molecule has 0 fully saturated rings. The van der Waals surface area contributed by atoms with Crippen molar-refractivity contribution in [1.82, 2.24) is 10.3 Å². The number of phenols is 1. The SMILES string of the molecule is CCc1nc(-c2cccc(O)c2)sc1CNC(C)C. The minimum Gasteiger partial charge on any atom is -0.508 e. The third-order valence-corrected chi connectivity index (χ3v) is 4.02. The van der Waals surface area contributed by atoms with Crippen molar-refractivity contribution in [2.45, 2.75) is 39.8 Å². The topological polar surface area (TPSA) is 45.2 Å². The first kappa shape index (κ1) is 14.0. The number of nitrogens with zero attached hydrogens (tertiary/aromatic N) is 1. The molecule has 102 valence electrons. The lowest BCUT2D eigenvalue weighted by Crippen LogP contribution is -2.21. The third-order valence-electron chi connectivity index (χ3n) is 2.88. The summed E-state index contributed by atoms with van der Waals surface area (Å²) in [5.74, 6) is 0.285. The van der Waals surface area contributed by atoms with Gasteiger partial charge in [-0.1, -0.05) is 32.9 Å². The second-order valence-corrected chi connectivity index (χ2v) is 5.91. The van der Waals surface area contributed by atoms with Crippen molar-refractivity contribution >= 4 is 11.3 Å². The molecule has 0 amide bonds. The van der Waals surface area contributed by atoms with Crippen LogP contribution in [0.3, 0.4) is 0 Å². The van der Waals surface area contributed by atoms with Crippen LogP contribution in [0.4, 0.5) is 0 Å². The number of aromatic hydroxyl groups is 1. The summed E-state index contributed by atoms with van der Waals surface area (Å²) in [5, 5.41) is 14.0. The number of thiazole rings is 1. The summed E-state index contributed by atoms with van der Waals surface area (Å²) in [6.45, 7) is 7.27. The smallest absolute Gasteiger partial charge is 0.124 e. The quantitative estimate of drug-likeness (QED) is 0.877. The van der Waals surface area contributed by atoms with E-state index in [1.165, 1.54) is 4.88 Å². The van der Waals surface area contributed by atoms with Crippen molar-refractivity contribution in [2.24, 2.45) is 0 Å². The second kappa shape index (κ2) is 6.17. The molecular formula is C15H20N2OS. The van der Waals surface area contributed by atoms with Crippen LogP contribution in [0.2, 0.25) is 0 Å². The zero-order chi connectivity index (χ0) is 13.8. The highest BCUT2D eigenvalue weighted by Crippen LogP contribution is 2.30. The normalized spacial score (nSPS) is 11.2.